The topological polar surface area (TPSA) is 43.8 Å². The van der Waals surface area contributed by atoms with Gasteiger partial charge in [0.2, 0.25) is 0 Å². The minimum absolute atomic E-state index is 0.00894. The molecule has 0 radical (unpaired) electrons. The average molecular weight is 515 g/mol. The highest BCUT2D eigenvalue weighted by molar-refractivity contribution is 5.89. The van der Waals surface area contributed by atoms with Gasteiger partial charge in [-0.3, -0.25) is 14.3 Å². The first kappa shape index (κ1) is 28.0. The van der Waals surface area contributed by atoms with Gasteiger partial charge in [0.1, 0.15) is 5.75 Å². The summed E-state index contributed by atoms with van der Waals surface area (Å²) in [6, 6.07) is 27.2. The van der Waals surface area contributed by atoms with Crippen molar-refractivity contribution in [1.29, 1.82) is 0 Å². The van der Waals surface area contributed by atoms with Gasteiger partial charge in [-0.25, -0.2) is 4.79 Å². The Morgan fingerprint density at radius 3 is 2.11 bits per heavy atom. The Bertz CT molecular complexity index is 1180. The third kappa shape index (κ3) is 5.85. The summed E-state index contributed by atoms with van der Waals surface area (Å²) in [7, 11) is 0. The molecule has 1 aliphatic heterocycles. The Labute approximate surface area is 228 Å². The number of piperazine rings is 1. The number of nitrogens with zero attached hydrogens (tertiary/aromatic N) is 3. The van der Waals surface area contributed by atoms with Crippen LogP contribution in [0.1, 0.15) is 67.7 Å². The summed E-state index contributed by atoms with van der Waals surface area (Å²) < 4.78 is 0.466. The Hall–Kier alpha value is -2.99. The van der Waals surface area contributed by atoms with Gasteiger partial charge in [-0.1, -0.05) is 54.6 Å². The van der Waals surface area contributed by atoms with Crippen LogP contribution in [0.25, 0.3) is 0 Å². The molecule has 1 heterocycles. The molecule has 0 bridgehead atoms. The quantitative estimate of drug-likeness (QED) is 0.351. The monoisotopic (exact) mass is 514 g/mol. The molecule has 1 saturated heterocycles. The van der Waals surface area contributed by atoms with Crippen LogP contribution in [0, 0.1) is 0 Å². The fourth-order valence-corrected chi connectivity index (χ4v) is 6.08. The summed E-state index contributed by atoms with van der Waals surface area (Å²) in [5.41, 5.74) is 4.32. The molecule has 0 aromatic heterocycles. The van der Waals surface area contributed by atoms with Gasteiger partial charge in [0.15, 0.2) is 0 Å². The van der Waals surface area contributed by atoms with E-state index >= 15 is 0 Å². The van der Waals surface area contributed by atoms with Crippen LogP contribution in [0.5, 0.6) is 5.75 Å². The van der Waals surface area contributed by atoms with Crippen molar-refractivity contribution in [2.45, 2.75) is 59.3 Å². The van der Waals surface area contributed by atoms with E-state index in [2.05, 4.69) is 92.9 Å². The Kier molecular flexibility index (Phi) is 9.03. The van der Waals surface area contributed by atoms with Gasteiger partial charge in [-0.2, -0.15) is 0 Å². The standard InChI is InChI=1S/C33H43N3O2/c1-6-36(7-2,8-3)33(38)29-19-17-28(18-20-29)32(30-15-12-16-31(37)21-30)35-23-25(4)34(22-26(35)5)24-27-13-10-9-11-14-27/h9-21,25-26,32H,6-8,22-24H2,1-5H3/p+1/t25-,26+,32?/m1/s1. The number of rotatable bonds is 9. The van der Waals surface area contributed by atoms with E-state index in [1.54, 1.807) is 6.07 Å². The minimum Gasteiger partial charge on any atom is -0.508 e. The van der Waals surface area contributed by atoms with Crippen LogP contribution in [0.4, 0.5) is 0 Å². The molecule has 3 aromatic carbocycles. The number of aromatic hydroxyl groups is 1. The lowest BCUT2D eigenvalue weighted by Gasteiger charge is -2.47. The molecule has 3 atom stereocenters. The lowest BCUT2D eigenvalue weighted by atomic mass is 9.92. The zero-order valence-electron chi connectivity index (χ0n) is 23.7. The van der Waals surface area contributed by atoms with Crippen LogP contribution in [0.15, 0.2) is 78.9 Å². The highest BCUT2D eigenvalue weighted by Gasteiger charge is 2.36. The number of carbonyl (C=O) groups excluding carboxylic acids is 1. The average Bonchev–Trinajstić information content (AvgIpc) is 2.94. The molecule has 0 saturated carbocycles. The first-order chi connectivity index (χ1) is 18.3. The third-order valence-corrected chi connectivity index (χ3v) is 8.63. The zero-order valence-corrected chi connectivity index (χ0v) is 23.7. The van der Waals surface area contributed by atoms with Gasteiger partial charge in [-0.15, -0.1) is 0 Å². The van der Waals surface area contributed by atoms with E-state index in [1.807, 2.05) is 24.3 Å². The van der Waals surface area contributed by atoms with Crippen molar-refractivity contribution < 1.29 is 14.4 Å². The van der Waals surface area contributed by atoms with Gasteiger partial charge < -0.3 is 5.11 Å². The number of hydrogen-bond acceptors (Lipinski definition) is 4. The highest BCUT2D eigenvalue weighted by Crippen LogP contribution is 2.35. The van der Waals surface area contributed by atoms with E-state index in [-0.39, 0.29) is 17.7 Å². The number of carbonyl (C=O) groups is 1. The molecule has 5 heteroatoms. The number of amides is 1. The molecular formula is C33H44N3O2+. The van der Waals surface area contributed by atoms with Crippen molar-refractivity contribution in [1.82, 2.24) is 9.80 Å². The van der Waals surface area contributed by atoms with Crippen LogP contribution in [-0.4, -0.2) is 70.1 Å². The second kappa shape index (κ2) is 12.2. The SMILES string of the molecule is CC[N+](CC)(CC)C(=O)c1ccc(C(c2cccc(O)c2)N2C[C@@H](C)N(Cc3ccccc3)C[C@@H]2C)cc1. The maximum Gasteiger partial charge on any atom is 0.345 e. The summed E-state index contributed by atoms with van der Waals surface area (Å²) in [4.78, 5) is 18.6. The Balaban J connectivity index is 1.63. The van der Waals surface area contributed by atoms with Crippen LogP contribution in [-0.2, 0) is 6.54 Å². The summed E-state index contributed by atoms with van der Waals surface area (Å²) >= 11 is 0. The number of quaternary nitrogens is 1. The molecule has 3 aromatic rings. The number of phenols is 1. The number of hydrogen-bond donors (Lipinski definition) is 1. The predicted octanol–water partition coefficient (Wildman–Crippen LogP) is 6.09. The van der Waals surface area contributed by atoms with E-state index in [0.717, 1.165) is 56.0 Å². The second-order valence-electron chi connectivity index (χ2n) is 10.8. The summed E-state index contributed by atoms with van der Waals surface area (Å²) in [6.07, 6.45) is 0. The fourth-order valence-electron chi connectivity index (χ4n) is 6.08. The lowest BCUT2D eigenvalue weighted by molar-refractivity contribution is -0.843. The van der Waals surface area contributed by atoms with E-state index in [9.17, 15) is 9.90 Å². The van der Waals surface area contributed by atoms with Crippen LogP contribution >= 0.6 is 0 Å². The van der Waals surface area contributed by atoms with E-state index in [0.29, 0.717) is 16.6 Å². The molecule has 38 heavy (non-hydrogen) atoms. The van der Waals surface area contributed by atoms with Crippen LogP contribution < -0.4 is 0 Å². The summed E-state index contributed by atoms with van der Waals surface area (Å²) in [6.45, 7) is 16.1. The normalized spacial score (nSPS) is 19.8. The summed E-state index contributed by atoms with van der Waals surface area (Å²) in [5.74, 6) is 0.466. The Morgan fingerprint density at radius 1 is 0.842 bits per heavy atom. The van der Waals surface area contributed by atoms with Crippen molar-refractivity contribution >= 4 is 5.91 Å². The molecule has 1 aliphatic rings. The van der Waals surface area contributed by atoms with Crippen molar-refractivity contribution in [3.8, 4) is 5.75 Å². The van der Waals surface area contributed by atoms with E-state index in [4.69, 9.17) is 0 Å². The highest BCUT2D eigenvalue weighted by atomic mass is 16.3. The van der Waals surface area contributed by atoms with Gasteiger partial charge in [-0.05, 0) is 75.6 Å². The molecule has 1 unspecified atom stereocenters. The number of benzene rings is 3. The Morgan fingerprint density at radius 2 is 1.50 bits per heavy atom. The largest absolute Gasteiger partial charge is 0.508 e. The van der Waals surface area contributed by atoms with Crippen molar-refractivity contribution in [3.05, 3.63) is 101 Å². The molecule has 0 aliphatic carbocycles. The first-order valence-corrected chi connectivity index (χ1v) is 14.2. The van der Waals surface area contributed by atoms with Gasteiger partial charge in [0, 0.05) is 31.7 Å². The third-order valence-electron chi connectivity index (χ3n) is 8.63. The summed E-state index contributed by atoms with van der Waals surface area (Å²) in [5, 5.41) is 10.3. The number of phenolic OH excluding ortho intramolecular Hbond substituents is 1. The van der Waals surface area contributed by atoms with Crippen molar-refractivity contribution in [2.75, 3.05) is 32.7 Å². The maximum absolute atomic E-state index is 13.5. The van der Waals surface area contributed by atoms with Crippen molar-refractivity contribution in [3.63, 3.8) is 0 Å². The molecule has 202 valence electrons. The minimum atomic E-state index is -0.00894. The molecule has 0 spiro atoms. The van der Waals surface area contributed by atoms with Gasteiger partial charge >= 0.3 is 5.91 Å². The van der Waals surface area contributed by atoms with Crippen LogP contribution in [0.2, 0.25) is 0 Å². The van der Waals surface area contributed by atoms with E-state index in [1.165, 1.54) is 5.56 Å². The predicted molar refractivity (Wildman–Crippen MR) is 155 cm³/mol. The van der Waals surface area contributed by atoms with Crippen LogP contribution in [0.3, 0.4) is 0 Å². The molecule has 1 N–H and O–H groups in total. The lowest BCUT2D eigenvalue weighted by Crippen LogP contribution is -2.56. The molecule has 4 rings (SSSR count). The molecular weight excluding hydrogens is 470 g/mol. The van der Waals surface area contributed by atoms with Gasteiger partial charge in [0.25, 0.3) is 0 Å². The smallest absolute Gasteiger partial charge is 0.345 e. The molecule has 5 nitrogen and oxygen atoms in total. The van der Waals surface area contributed by atoms with Crippen molar-refractivity contribution in [2.24, 2.45) is 0 Å². The maximum atomic E-state index is 13.5. The molecule has 1 fully saturated rings. The zero-order chi connectivity index (χ0) is 27.3. The second-order valence-corrected chi connectivity index (χ2v) is 10.8. The molecule has 1 amide bonds. The van der Waals surface area contributed by atoms with Gasteiger partial charge in [0.05, 0.1) is 31.2 Å². The fraction of sp³-hybridized carbons (Fsp3) is 0.424. The van der Waals surface area contributed by atoms with E-state index < -0.39 is 0 Å². The first-order valence-electron chi connectivity index (χ1n) is 14.2.